The van der Waals surface area contributed by atoms with E-state index in [4.69, 9.17) is 0 Å². The first-order chi connectivity index (χ1) is 12.2. The Balaban J connectivity index is 1.50. The van der Waals surface area contributed by atoms with E-state index in [1.165, 1.54) is 18.4 Å². The van der Waals surface area contributed by atoms with Crippen molar-refractivity contribution in [1.29, 1.82) is 0 Å². The van der Waals surface area contributed by atoms with Gasteiger partial charge in [0.15, 0.2) is 0 Å². The van der Waals surface area contributed by atoms with Crippen LogP contribution >= 0.6 is 0 Å². The van der Waals surface area contributed by atoms with E-state index in [0.717, 1.165) is 30.5 Å². The number of nitrogens with one attached hydrogen (secondary N) is 1. The van der Waals surface area contributed by atoms with Crippen LogP contribution in [0.5, 0.6) is 0 Å². The van der Waals surface area contributed by atoms with Crippen molar-refractivity contribution in [3.8, 4) is 0 Å². The highest BCUT2D eigenvalue weighted by molar-refractivity contribution is 5.76. The quantitative estimate of drug-likeness (QED) is 0.908. The van der Waals surface area contributed by atoms with Gasteiger partial charge in [-0.2, -0.15) is 0 Å². The summed E-state index contributed by atoms with van der Waals surface area (Å²) >= 11 is 0. The maximum absolute atomic E-state index is 12.4. The first kappa shape index (κ1) is 16.1. The average molecular weight is 337 g/mol. The van der Waals surface area contributed by atoms with Gasteiger partial charge >= 0.3 is 0 Å². The van der Waals surface area contributed by atoms with Gasteiger partial charge in [-0.3, -0.25) is 14.6 Å². The number of rotatable bonds is 5. The first-order valence-corrected chi connectivity index (χ1v) is 9.09. The van der Waals surface area contributed by atoms with E-state index in [9.17, 15) is 9.59 Å². The normalized spacial score (nSPS) is 19.3. The Morgan fingerprint density at radius 3 is 2.88 bits per heavy atom. The van der Waals surface area contributed by atoms with Crippen LogP contribution in [0.25, 0.3) is 0 Å². The predicted molar refractivity (Wildman–Crippen MR) is 95.3 cm³/mol. The van der Waals surface area contributed by atoms with Crippen molar-refractivity contribution in [1.82, 2.24) is 14.9 Å². The highest BCUT2D eigenvalue weighted by Gasteiger charge is 2.27. The second kappa shape index (κ2) is 6.82. The third-order valence-electron chi connectivity index (χ3n) is 5.19. The lowest BCUT2D eigenvalue weighted by Gasteiger charge is -2.27. The Labute approximate surface area is 147 Å². The molecule has 2 aliphatic rings. The number of carbonyl (C=O) groups excluding carboxylic acids is 1. The van der Waals surface area contributed by atoms with Gasteiger partial charge in [0.1, 0.15) is 0 Å². The molecule has 2 aromatic rings. The fourth-order valence-corrected chi connectivity index (χ4v) is 3.67. The molecule has 1 atom stereocenters. The molecule has 0 unspecified atom stereocenters. The van der Waals surface area contributed by atoms with Gasteiger partial charge in [-0.1, -0.05) is 12.1 Å². The molecule has 1 amide bonds. The number of pyridine rings is 2. The van der Waals surface area contributed by atoms with E-state index in [2.05, 4.69) is 10.3 Å². The summed E-state index contributed by atoms with van der Waals surface area (Å²) in [6, 6.07) is 7.63. The standard InChI is InChI=1S/C20H23N3O2/c24-19(10-14-3-4-14)22-17-6-7-18-16(11-17)5-8-20(25)23(18)13-15-2-1-9-21-12-15/h1-2,5,8-9,12,14,17H,3-4,6-7,10-11,13H2,(H,22,24)/t17-/m1/s1. The van der Waals surface area contributed by atoms with Crippen LogP contribution in [-0.2, 0) is 24.2 Å². The molecule has 1 fully saturated rings. The van der Waals surface area contributed by atoms with Gasteiger partial charge in [0, 0.05) is 36.6 Å². The van der Waals surface area contributed by atoms with Crippen LogP contribution < -0.4 is 10.9 Å². The molecule has 2 aliphatic carbocycles. The van der Waals surface area contributed by atoms with Crippen molar-refractivity contribution in [2.45, 2.75) is 51.1 Å². The van der Waals surface area contributed by atoms with Crippen LogP contribution in [0, 0.1) is 5.92 Å². The van der Waals surface area contributed by atoms with Crippen molar-refractivity contribution in [2.24, 2.45) is 5.92 Å². The van der Waals surface area contributed by atoms with Gasteiger partial charge in [0.05, 0.1) is 6.54 Å². The van der Waals surface area contributed by atoms with Crippen LogP contribution in [0.15, 0.2) is 41.5 Å². The summed E-state index contributed by atoms with van der Waals surface area (Å²) in [6.07, 6.45) is 9.11. The summed E-state index contributed by atoms with van der Waals surface area (Å²) < 4.78 is 1.86. The monoisotopic (exact) mass is 337 g/mol. The van der Waals surface area contributed by atoms with Crippen LogP contribution in [0.3, 0.4) is 0 Å². The minimum Gasteiger partial charge on any atom is -0.353 e. The predicted octanol–water partition coefficient (Wildman–Crippen LogP) is 2.07. The third-order valence-corrected chi connectivity index (χ3v) is 5.19. The van der Waals surface area contributed by atoms with Gasteiger partial charge < -0.3 is 9.88 Å². The molecule has 2 heterocycles. The third kappa shape index (κ3) is 3.81. The summed E-state index contributed by atoms with van der Waals surface area (Å²) in [5.41, 5.74) is 3.33. The van der Waals surface area contributed by atoms with Crippen LogP contribution in [-0.4, -0.2) is 21.5 Å². The van der Waals surface area contributed by atoms with Crippen molar-refractivity contribution in [3.63, 3.8) is 0 Å². The van der Waals surface area contributed by atoms with E-state index in [1.807, 2.05) is 22.8 Å². The lowest BCUT2D eigenvalue weighted by Crippen LogP contribution is -2.40. The first-order valence-electron chi connectivity index (χ1n) is 9.09. The maximum Gasteiger partial charge on any atom is 0.251 e. The van der Waals surface area contributed by atoms with Gasteiger partial charge in [0.2, 0.25) is 5.91 Å². The summed E-state index contributed by atoms with van der Waals surface area (Å²) in [6.45, 7) is 0.550. The molecule has 25 heavy (non-hydrogen) atoms. The Morgan fingerprint density at radius 1 is 1.24 bits per heavy atom. The molecule has 0 spiro atoms. The molecule has 130 valence electrons. The van der Waals surface area contributed by atoms with E-state index in [1.54, 1.807) is 18.5 Å². The second-order valence-electron chi connectivity index (χ2n) is 7.25. The molecule has 2 aromatic heterocycles. The number of aromatic nitrogens is 2. The zero-order chi connectivity index (χ0) is 17.2. The molecule has 1 N–H and O–H groups in total. The number of carbonyl (C=O) groups is 1. The zero-order valence-corrected chi connectivity index (χ0v) is 14.3. The summed E-state index contributed by atoms with van der Waals surface area (Å²) in [5.74, 6) is 0.792. The molecule has 1 saturated carbocycles. The highest BCUT2D eigenvalue weighted by atomic mass is 16.1. The van der Waals surface area contributed by atoms with Gasteiger partial charge in [-0.05, 0) is 55.2 Å². The Bertz CT molecular complexity index is 825. The van der Waals surface area contributed by atoms with Crippen molar-refractivity contribution in [3.05, 3.63) is 63.8 Å². The fourth-order valence-electron chi connectivity index (χ4n) is 3.67. The molecule has 5 heteroatoms. The maximum atomic E-state index is 12.4. The average Bonchev–Trinajstić information content (AvgIpc) is 3.42. The minimum atomic E-state index is 0.0267. The molecule has 0 saturated heterocycles. The van der Waals surface area contributed by atoms with Crippen molar-refractivity contribution in [2.75, 3.05) is 0 Å². The van der Waals surface area contributed by atoms with Crippen LogP contribution in [0.1, 0.15) is 42.5 Å². The minimum absolute atomic E-state index is 0.0267. The van der Waals surface area contributed by atoms with Gasteiger partial charge in [0.25, 0.3) is 5.56 Å². The molecule has 0 aromatic carbocycles. The summed E-state index contributed by atoms with van der Waals surface area (Å²) in [4.78, 5) is 28.6. The van der Waals surface area contributed by atoms with Crippen LogP contribution in [0.4, 0.5) is 0 Å². The molecular weight excluding hydrogens is 314 g/mol. The molecule has 0 radical (unpaired) electrons. The molecule has 0 bridgehead atoms. The van der Waals surface area contributed by atoms with E-state index in [0.29, 0.717) is 18.9 Å². The van der Waals surface area contributed by atoms with Crippen molar-refractivity contribution < 1.29 is 4.79 Å². The lowest BCUT2D eigenvalue weighted by molar-refractivity contribution is -0.122. The largest absolute Gasteiger partial charge is 0.353 e. The molecule has 5 nitrogen and oxygen atoms in total. The van der Waals surface area contributed by atoms with E-state index >= 15 is 0 Å². The Kier molecular flexibility index (Phi) is 4.38. The number of amides is 1. The zero-order valence-electron chi connectivity index (χ0n) is 14.3. The fraction of sp³-hybridized carbons (Fsp3) is 0.450. The SMILES string of the molecule is O=C(CC1CC1)N[C@@H]1CCc2c(ccc(=O)n2Cc2cccnc2)C1. The molecule has 4 rings (SSSR count). The van der Waals surface area contributed by atoms with E-state index < -0.39 is 0 Å². The van der Waals surface area contributed by atoms with Crippen LogP contribution in [0.2, 0.25) is 0 Å². The second-order valence-corrected chi connectivity index (χ2v) is 7.25. The number of hydrogen-bond acceptors (Lipinski definition) is 3. The van der Waals surface area contributed by atoms with E-state index in [-0.39, 0.29) is 17.5 Å². The lowest BCUT2D eigenvalue weighted by atomic mass is 9.91. The smallest absolute Gasteiger partial charge is 0.251 e. The Morgan fingerprint density at radius 2 is 2.12 bits per heavy atom. The topological polar surface area (TPSA) is 64.0 Å². The number of hydrogen-bond donors (Lipinski definition) is 1. The highest BCUT2D eigenvalue weighted by Crippen LogP contribution is 2.32. The van der Waals surface area contributed by atoms with Gasteiger partial charge in [-0.25, -0.2) is 0 Å². The number of nitrogens with zero attached hydrogens (tertiary/aromatic N) is 2. The molecule has 0 aliphatic heterocycles. The summed E-state index contributed by atoms with van der Waals surface area (Å²) in [7, 11) is 0. The van der Waals surface area contributed by atoms with Crippen molar-refractivity contribution >= 4 is 5.91 Å². The summed E-state index contributed by atoms with van der Waals surface area (Å²) in [5, 5.41) is 3.18. The number of fused-ring (bicyclic) bond motifs is 1. The Hall–Kier alpha value is -2.43. The van der Waals surface area contributed by atoms with Gasteiger partial charge in [-0.15, -0.1) is 0 Å². The molecular formula is C20H23N3O2.